The lowest BCUT2D eigenvalue weighted by Gasteiger charge is -2.38. The SMILES string of the molecule is [2H]C1CCCN1S(=O)(=O)NC(=O)[C@@]1(NC(=O)[C@@H]2C[C@@]3(CN2C(=O)[C@@H](NC(=O)[C@@H](NC(=O)[C@@H]2CCCN2C([2H])([2H])C)C2CCCCC2)C(C)(C)C)C(C)(C)C32CCC2)C[C@H]1C=C. The summed E-state index contributed by atoms with van der Waals surface area (Å²) in [6, 6.07) is -3.81. The highest BCUT2D eigenvalue weighted by atomic mass is 32.2. The first-order valence-electron chi connectivity index (χ1n) is 23.3. The molecular formula is C43H69N7O7S. The Bertz CT molecular complexity index is 1910. The maximum Gasteiger partial charge on any atom is 0.303 e. The number of carbonyl (C=O) groups is 5. The normalized spacial score (nSPS) is 35.2. The van der Waals surface area contributed by atoms with Gasteiger partial charge in [-0.1, -0.05) is 73.3 Å². The summed E-state index contributed by atoms with van der Waals surface area (Å²) in [6.07, 6.45) is 11.1. The Kier molecular flexibility index (Phi) is 10.4. The first kappa shape index (κ1) is 39.1. The number of fused-ring (bicyclic) bond motifs is 1. The van der Waals surface area contributed by atoms with Gasteiger partial charge in [-0.15, -0.1) is 6.58 Å². The summed E-state index contributed by atoms with van der Waals surface area (Å²) in [6.45, 7) is 13.3. The van der Waals surface area contributed by atoms with Gasteiger partial charge in [0.1, 0.15) is 23.7 Å². The van der Waals surface area contributed by atoms with Crippen LogP contribution in [0.5, 0.6) is 0 Å². The van der Waals surface area contributed by atoms with E-state index < -0.39 is 99.2 Å². The smallest absolute Gasteiger partial charge is 0.303 e. The standard InChI is InChI=1S/C43H69N7O7S/c1-8-29-25-43(29,38(55)47-58(56,57)49-23-13-14-24-49)46-35(52)31-26-42(40(6,7)41(42)20-16-21-41)27-50(31)37(54)33(39(3,4)5)45-36(53)32(28-17-11-10-12-18-28)44-34(51)30-19-15-22-48(30)9-2/h8,28-33H,1,9-27H2,2-7H3,(H,44,51)(H,45,53)(H,46,52)(H,47,55)/t29-,30+,31+,32+,33-,42-,43-/m1/s1/i9D2,23D/t23?,29-,30+,31+,32+,33-,42-,43-. The predicted octanol–water partition coefficient (Wildman–Crippen LogP) is 3.38. The highest BCUT2D eigenvalue weighted by Gasteiger charge is 2.85. The fraction of sp³-hybridized carbons (Fsp3) is 0.837. The van der Waals surface area contributed by atoms with E-state index in [4.69, 9.17) is 4.11 Å². The van der Waals surface area contributed by atoms with Crippen molar-refractivity contribution in [2.45, 2.75) is 161 Å². The third kappa shape index (κ3) is 7.10. The molecule has 8 atom stereocenters. The predicted molar refractivity (Wildman–Crippen MR) is 220 cm³/mol. The van der Waals surface area contributed by atoms with E-state index >= 15 is 4.79 Å². The molecule has 0 aromatic rings. The van der Waals surface area contributed by atoms with Crippen LogP contribution < -0.4 is 20.7 Å². The molecule has 3 aliphatic heterocycles. The quantitative estimate of drug-likeness (QED) is 0.204. The zero-order valence-electron chi connectivity index (χ0n) is 38.5. The second-order valence-electron chi connectivity index (χ2n) is 20.0. The Morgan fingerprint density at radius 3 is 2.16 bits per heavy atom. The topological polar surface area (TPSA) is 177 Å². The Morgan fingerprint density at radius 1 is 0.897 bits per heavy atom. The zero-order chi connectivity index (χ0) is 44.7. The molecule has 0 aromatic carbocycles. The molecule has 0 radical (unpaired) electrons. The molecular weight excluding hydrogens is 759 g/mol. The molecule has 14 nitrogen and oxygen atoms in total. The van der Waals surface area contributed by atoms with Crippen molar-refractivity contribution in [2.24, 2.45) is 33.5 Å². The lowest BCUT2D eigenvalue weighted by atomic mass is 9.73. The first-order valence-corrected chi connectivity index (χ1v) is 23.2. The number of nitrogens with one attached hydrogen (secondary N) is 4. The maximum absolute atomic E-state index is 15.3. The van der Waals surface area contributed by atoms with E-state index in [1.165, 1.54) is 17.9 Å². The van der Waals surface area contributed by atoms with Gasteiger partial charge in [-0.05, 0) is 99.4 Å². The molecule has 7 aliphatic rings. The second kappa shape index (κ2) is 15.5. The molecule has 3 saturated heterocycles. The number of likely N-dealkylation sites (N-methyl/N-ethyl adjacent to an activating group) is 1. The Labute approximate surface area is 350 Å². The summed E-state index contributed by atoms with van der Waals surface area (Å²) in [5.41, 5.74) is -3.11. The van der Waals surface area contributed by atoms with Gasteiger partial charge < -0.3 is 20.9 Å². The molecule has 7 rings (SSSR count). The molecule has 324 valence electrons. The van der Waals surface area contributed by atoms with Crippen LogP contribution in [0.1, 0.15) is 136 Å². The highest BCUT2D eigenvalue weighted by Crippen LogP contribution is 2.88. The molecule has 0 aromatic heterocycles. The van der Waals surface area contributed by atoms with Crippen LogP contribution in [-0.4, -0.2) is 114 Å². The number of rotatable bonds is 13. The molecule has 0 bridgehead atoms. The molecule has 2 spiro atoms. The molecule has 58 heavy (non-hydrogen) atoms. The van der Waals surface area contributed by atoms with Gasteiger partial charge in [-0.25, -0.2) is 4.72 Å². The van der Waals surface area contributed by atoms with Crippen LogP contribution in [-0.2, 0) is 34.2 Å². The second-order valence-corrected chi connectivity index (χ2v) is 21.6. The van der Waals surface area contributed by atoms with Crippen LogP contribution in [0.25, 0.3) is 0 Å². The molecule has 4 N–H and O–H groups in total. The average Bonchev–Trinajstić information content (AvgIpc) is 3.54. The van der Waals surface area contributed by atoms with E-state index in [0.29, 0.717) is 51.5 Å². The summed E-state index contributed by atoms with van der Waals surface area (Å²) in [4.78, 5) is 75.6. The van der Waals surface area contributed by atoms with Gasteiger partial charge in [0.05, 0.1) is 6.04 Å². The number of likely N-dealkylation sites (tertiary alicyclic amines) is 2. The van der Waals surface area contributed by atoms with Crippen molar-refractivity contribution >= 4 is 39.7 Å². The average molecular weight is 831 g/mol. The lowest BCUT2D eigenvalue weighted by Crippen LogP contribution is -2.63. The third-order valence-corrected chi connectivity index (χ3v) is 17.2. The summed E-state index contributed by atoms with van der Waals surface area (Å²) in [7, 11) is -4.36. The van der Waals surface area contributed by atoms with Crippen molar-refractivity contribution < 1.29 is 36.5 Å². The number of carbonyl (C=O) groups excluding carboxylic acids is 5. The van der Waals surface area contributed by atoms with Crippen molar-refractivity contribution in [3.63, 3.8) is 0 Å². The zero-order valence-corrected chi connectivity index (χ0v) is 36.3. The van der Waals surface area contributed by atoms with Crippen LogP contribution >= 0.6 is 0 Å². The monoisotopic (exact) mass is 831 g/mol. The van der Waals surface area contributed by atoms with Gasteiger partial charge >= 0.3 is 10.2 Å². The van der Waals surface area contributed by atoms with E-state index in [-0.39, 0.29) is 36.3 Å². The van der Waals surface area contributed by atoms with E-state index in [1.807, 2.05) is 20.8 Å². The number of hydrogen-bond donors (Lipinski definition) is 4. The fourth-order valence-electron chi connectivity index (χ4n) is 11.9. The first-order chi connectivity index (χ1) is 28.4. The Hall–Kier alpha value is -3.04. The number of nitrogens with zero attached hydrogens (tertiary/aromatic N) is 3. The van der Waals surface area contributed by atoms with E-state index in [2.05, 4.69) is 41.1 Å². The molecule has 3 heterocycles. The van der Waals surface area contributed by atoms with Crippen molar-refractivity contribution in [3.05, 3.63) is 12.7 Å². The van der Waals surface area contributed by atoms with Crippen molar-refractivity contribution in [2.75, 3.05) is 32.7 Å². The van der Waals surface area contributed by atoms with Gasteiger partial charge in [0.25, 0.3) is 5.91 Å². The lowest BCUT2D eigenvalue weighted by molar-refractivity contribution is -0.145. The van der Waals surface area contributed by atoms with E-state index in [9.17, 15) is 27.6 Å². The van der Waals surface area contributed by atoms with E-state index in [0.717, 1.165) is 42.8 Å². The van der Waals surface area contributed by atoms with E-state index in [1.54, 1.807) is 4.90 Å². The molecule has 1 unspecified atom stereocenters. The fourth-order valence-corrected chi connectivity index (χ4v) is 13.1. The van der Waals surface area contributed by atoms with Crippen LogP contribution in [0.4, 0.5) is 0 Å². The molecule has 4 saturated carbocycles. The molecule has 15 heteroatoms. The minimum Gasteiger partial charge on any atom is -0.343 e. The van der Waals surface area contributed by atoms with Gasteiger partial charge in [0.15, 0.2) is 0 Å². The van der Waals surface area contributed by atoms with Gasteiger partial charge in [-0.2, -0.15) is 12.7 Å². The largest absolute Gasteiger partial charge is 0.343 e. The van der Waals surface area contributed by atoms with Gasteiger partial charge in [0, 0.05) is 35.1 Å². The maximum atomic E-state index is 15.3. The van der Waals surface area contributed by atoms with Gasteiger partial charge in [0.2, 0.25) is 23.6 Å². The summed E-state index contributed by atoms with van der Waals surface area (Å²) in [5, 5.41) is 9.00. The molecule has 7 fully saturated rings. The van der Waals surface area contributed by atoms with Crippen molar-refractivity contribution in [3.8, 4) is 0 Å². The Morgan fingerprint density at radius 2 is 1.60 bits per heavy atom. The summed E-state index contributed by atoms with van der Waals surface area (Å²) >= 11 is 0. The number of amides is 5. The Balaban J connectivity index is 1.15. The summed E-state index contributed by atoms with van der Waals surface area (Å²) < 4.78 is 54.4. The minimum absolute atomic E-state index is 0.0679. The highest BCUT2D eigenvalue weighted by molar-refractivity contribution is 7.87. The van der Waals surface area contributed by atoms with Crippen LogP contribution in [0.15, 0.2) is 12.7 Å². The minimum atomic E-state index is -4.36. The van der Waals surface area contributed by atoms with Crippen LogP contribution in [0, 0.1) is 33.5 Å². The molecule has 5 amide bonds. The van der Waals surface area contributed by atoms with Crippen LogP contribution in [0.2, 0.25) is 0 Å². The van der Waals surface area contributed by atoms with Crippen molar-refractivity contribution in [1.29, 1.82) is 0 Å². The third-order valence-electron chi connectivity index (χ3n) is 15.8. The van der Waals surface area contributed by atoms with Crippen LogP contribution in [0.3, 0.4) is 0 Å². The number of hydrogen-bond acceptors (Lipinski definition) is 8. The van der Waals surface area contributed by atoms with Gasteiger partial charge in [-0.3, -0.25) is 28.9 Å². The summed E-state index contributed by atoms with van der Waals surface area (Å²) in [5.74, 6) is -3.58. The molecule has 4 aliphatic carbocycles. The van der Waals surface area contributed by atoms with Crippen molar-refractivity contribution in [1.82, 2.24) is 34.8 Å².